The standard InChI is InChI=1S/C17H17NO8S2/c1-25-16(19)11-7-12(17(20)26-2)9-15(8-11)28(23,24)18-13-5-4-6-14(10-13)27(3,21)22/h4-10,18H,1-3H3. The van der Waals surface area contributed by atoms with Crippen molar-refractivity contribution in [2.24, 2.45) is 0 Å². The Balaban J connectivity index is 2.53. The van der Waals surface area contributed by atoms with Crippen LogP contribution in [-0.4, -0.2) is 49.2 Å². The number of benzene rings is 2. The van der Waals surface area contributed by atoms with Crippen LogP contribution in [-0.2, 0) is 29.3 Å². The number of methoxy groups -OCH3 is 2. The summed E-state index contributed by atoms with van der Waals surface area (Å²) in [5.74, 6) is -1.69. The van der Waals surface area contributed by atoms with Crippen molar-refractivity contribution in [3.05, 3.63) is 53.6 Å². The summed E-state index contributed by atoms with van der Waals surface area (Å²) in [5, 5.41) is 0. The van der Waals surface area contributed by atoms with Gasteiger partial charge in [-0.15, -0.1) is 0 Å². The van der Waals surface area contributed by atoms with E-state index >= 15 is 0 Å². The highest BCUT2D eigenvalue weighted by Crippen LogP contribution is 2.22. The first-order valence-electron chi connectivity index (χ1n) is 7.62. The van der Waals surface area contributed by atoms with E-state index in [2.05, 4.69) is 14.2 Å². The van der Waals surface area contributed by atoms with Crippen molar-refractivity contribution in [3.8, 4) is 0 Å². The Labute approximate surface area is 162 Å². The van der Waals surface area contributed by atoms with Crippen molar-refractivity contribution in [1.29, 1.82) is 0 Å². The Morgan fingerprint density at radius 1 is 0.821 bits per heavy atom. The fourth-order valence-electron chi connectivity index (χ4n) is 2.23. The van der Waals surface area contributed by atoms with Crippen LogP contribution in [0.1, 0.15) is 20.7 Å². The molecule has 28 heavy (non-hydrogen) atoms. The molecule has 0 saturated heterocycles. The van der Waals surface area contributed by atoms with Crippen molar-refractivity contribution in [2.45, 2.75) is 9.79 Å². The highest BCUT2D eigenvalue weighted by molar-refractivity contribution is 7.92. The second-order valence-electron chi connectivity index (χ2n) is 5.63. The van der Waals surface area contributed by atoms with Gasteiger partial charge in [0, 0.05) is 6.26 Å². The average Bonchev–Trinajstić information content (AvgIpc) is 2.65. The molecule has 2 aromatic rings. The summed E-state index contributed by atoms with van der Waals surface area (Å²) in [7, 11) is -5.60. The van der Waals surface area contributed by atoms with E-state index < -0.39 is 36.7 Å². The summed E-state index contributed by atoms with van der Waals surface area (Å²) in [6.07, 6.45) is 0.989. The van der Waals surface area contributed by atoms with Crippen LogP contribution in [0.15, 0.2) is 52.3 Å². The molecular formula is C17H17NO8S2. The van der Waals surface area contributed by atoms with Crippen LogP contribution in [0.25, 0.3) is 0 Å². The summed E-state index contributed by atoms with van der Waals surface area (Å²) in [5.41, 5.74) is -0.350. The van der Waals surface area contributed by atoms with Crippen molar-refractivity contribution in [2.75, 3.05) is 25.2 Å². The molecule has 2 rings (SSSR count). The second kappa shape index (κ2) is 7.98. The van der Waals surface area contributed by atoms with Gasteiger partial charge in [0.2, 0.25) is 0 Å². The van der Waals surface area contributed by atoms with Crippen LogP contribution in [0.5, 0.6) is 0 Å². The third-order valence-electron chi connectivity index (χ3n) is 3.57. The van der Waals surface area contributed by atoms with Gasteiger partial charge in [-0.05, 0) is 36.4 Å². The van der Waals surface area contributed by atoms with Gasteiger partial charge in [-0.3, -0.25) is 4.72 Å². The molecule has 0 fully saturated rings. The number of rotatable bonds is 6. The maximum Gasteiger partial charge on any atom is 0.337 e. The lowest BCUT2D eigenvalue weighted by Crippen LogP contribution is -2.16. The molecule has 0 unspecified atom stereocenters. The van der Waals surface area contributed by atoms with E-state index in [1.54, 1.807) is 0 Å². The number of esters is 2. The van der Waals surface area contributed by atoms with Crippen molar-refractivity contribution < 1.29 is 35.9 Å². The molecule has 2 aromatic carbocycles. The minimum absolute atomic E-state index is 0.00832. The molecule has 150 valence electrons. The number of nitrogens with one attached hydrogen (secondary N) is 1. The van der Waals surface area contributed by atoms with Gasteiger partial charge in [0.15, 0.2) is 9.84 Å². The van der Waals surface area contributed by atoms with E-state index in [9.17, 15) is 26.4 Å². The number of hydrogen-bond acceptors (Lipinski definition) is 8. The van der Waals surface area contributed by atoms with Gasteiger partial charge in [-0.1, -0.05) is 6.07 Å². The molecule has 0 saturated carbocycles. The van der Waals surface area contributed by atoms with Gasteiger partial charge in [-0.25, -0.2) is 26.4 Å². The minimum Gasteiger partial charge on any atom is -0.465 e. The fraction of sp³-hybridized carbons (Fsp3) is 0.176. The first kappa shape index (κ1) is 21.4. The minimum atomic E-state index is -4.26. The molecule has 9 nitrogen and oxygen atoms in total. The SMILES string of the molecule is COC(=O)c1cc(C(=O)OC)cc(S(=O)(=O)Nc2cccc(S(C)(=O)=O)c2)c1. The quantitative estimate of drug-likeness (QED) is 0.685. The Morgan fingerprint density at radius 3 is 1.82 bits per heavy atom. The zero-order valence-electron chi connectivity index (χ0n) is 15.1. The Morgan fingerprint density at radius 2 is 1.36 bits per heavy atom. The van der Waals surface area contributed by atoms with Crippen molar-refractivity contribution >= 4 is 37.5 Å². The molecule has 0 amide bonds. The van der Waals surface area contributed by atoms with Gasteiger partial charge in [0.25, 0.3) is 10.0 Å². The first-order chi connectivity index (χ1) is 13.0. The number of sulfonamides is 1. The van der Waals surface area contributed by atoms with E-state index in [1.807, 2.05) is 0 Å². The fourth-order valence-corrected chi connectivity index (χ4v) is 4.02. The Kier molecular flexibility index (Phi) is 6.10. The lowest BCUT2D eigenvalue weighted by molar-refractivity contribution is 0.0598. The summed E-state index contributed by atoms with van der Waals surface area (Å²) < 4.78 is 60.1. The van der Waals surface area contributed by atoms with Crippen molar-refractivity contribution in [1.82, 2.24) is 0 Å². The summed E-state index contributed by atoms with van der Waals surface area (Å²) >= 11 is 0. The van der Waals surface area contributed by atoms with E-state index in [4.69, 9.17) is 0 Å². The van der Waals surface area contributed by atoms with Crippen LogP contribution >= 0.6 is 0 Å². The lowest BCUT2D eigenvalue weighted by Gasteiger charge is -2.11. The molecular weight excluding hydrogens is 410 g/mol. The van der Waals surface area contributed by atoms with Crippen LogP contribution in [0.2, 0.25) is 0 Å². The smallest absolute Gasteiger partial charge is 0.337 e. The van der Waals surface area contributed by atoms with Crippen LogP contribution in [0.4, 0.5) is 5.69 Å². The normalized spacial score (nSPS) is 11.5. The van der Waals surface area contributed by atoms with Crippen LogP contribution < -0.4 is 4.72 Å². The molecule has 0 aromatic heterocycles. The zero-order valence-corrected chi connectivity index (χ0v) is 16.8. The van der Waals surface area contributed by atoms with Gasteiger partial charge in [0.1, 0.15) is 0 Å². The summed E-state index contributed by atoms with van der Waals surface area (Å²) in [6.45, 7) is 0. The van der Waals surface area contributed by atoms with Gasteiger partial charge >= 0.3 is 11.9 Å². The molecule has 0 spiro atoms. The monoisotopic (exact) mass is 427 g/mol. The van der Waals surface area contributed by atoms with Gasteiger partial charge < -0.3 is 9.47 Å². The zero-order chi connectivity index (χ0) is 21.1. The number of carbonyl (C=O) groups is 2. The van der Waals surface area contributed by atoms with Crippen molar-refractivity contribution in [3.63, 3.8) is 0 Å². The maximum absolute atomic E-state index is 12.7. The average molecular weight is 427 g/mol. The highest BCUT2D eigenvalue weighted by atomic mass is 32.2. The molecule has 0 radical (unpaired) electrons. The first-order valence-corrected chi connectivity index (χ1v) is 11.0. The number of carbonyl (C=O) groups excluding carboxylic acids is 2. The third kappa shape index (κ3) is 4.87. The molecule has 0 bridgehead atoms. The third-order valence-corrected chi connectivity index (χ3v) is 6.04. The molecule has 0 aliphatic heterocycles. The number of sulfone groups is 1. The lowest BCUT2D eigenvalue weighted by atomic mass is 10.1. The number of ether oxygens (including phenoxy) is 2. The number of anilines is 1. The van der Waals surface area contributed by atoms with Gasteiger partial charge in [0.05, 0.1) is 40.8 Å². The predicted octanol–water partition coefficient (Wildman–Crippen LogP) is 1.46. The largest absolute Gasteiger partial charge is 0.465 e. The van der Waals surface area contributed by atoms with Crippen LogP contribution in [0, 0.1) is 0 Å². The number of hydrogen-bond donors (Lipinski definition) is 1. The second-order valence-corrected chi connectivity index (χ2v) is 9.33. The maximum atomic E-state index is 12.7. The van der Waals surface area contributed by atoms with Gasteiger partial charge in [-0.2, -0.15) is 0 Å². The van der Waals surface area contributed by atoms with E-state index in [1.165, 1.54) is 18.2 Å². The topological polar surface area (TPSA) is 133 Å². The summed E-state index contributed by atoms with van der Waals surface area (Å²) in [6, 6.07) is 8.40. The van der Waals surface area contributed by atoms with E-state index in [0.717, 1.165) is 44.7 Å². The molecule has 0 atom stereocenters. The molecule has 0 aliphatic rings. The van der Waals surface area contributed by atoms with E-state index in [0.29, 0.717) is 0 Å². The Bertz CT molecular complexity index is 1100. The van der Waals surface area contributed by atoms with E-state index in [-0.39, 0.29) is 21.7 Å². The van der Waals surface area contributed by atoms with Crippen LogP contribution in [0.3, 0.4) is 0 Å². The predicted molar refractivity (Wildman–Crippen MR) is 99.5 cm³/mol. The molecule has 0 aliphatic carbocycles. The molecule has 1 N–H and O–H groups in total. The molecule has 0 heterocycles. The highest BCUT2D eigenvalue weighted by Gasteiger charge is 2.21. The Hall–Kier alpha value is -2.92. The molecule has 11 heteroatoms. The summed E-state index contributed by atoms with van der Waals surface area (Å²) in [4.78, 5) is 23.1.